The first-order valence-electron chi connectivity index (χ1n) is 6.34. The highest BCUT2D eigenvalue weighted by Crippen LogP contribution is 2.34. The van der Waals surface area contributed by atoms with Gasteiger partial charge >= 0.3 is 0 Å². The van der Waals surface area contributed by atoms with Gasteiger partial charge in [0.2, 0.25) is 0 Å². The number of aliphatic imine (C=N–C) groups is 1. The zero-order valence-electron chi connectivity index (χ0n) is 9.24. The van der Waals surface area contributed by atoms with Crippen molar-refractivity contribution in [3.63, 3.8) is 0 Å². The Balaban J connectivity index is 1.61. The molecule has 1 unspecified atom stereocenters. The number of rotatable bonds is 2. The van der Waals surface area contributed by atoms with Crippen LogP contribution in [0, 0.1) is 11.8 Å². The van der Waals surface area contributed by atoms with Crippen LogP contribution in [0.1, 0.15) is 32.1 Å². The van der Waals surface area contributed by atoms with Crippen LogP contribution >= 0.6 is 0 Å². The van der Waals surface area contributed by atoms with E-state index in [2.05, 4.69) is 5.32 Å². The molecule has 1 N–H and O–H groups in total. The van der Waals surface area contributed by atoms with E-state index in [9.17, 15) is 0 Å². The van der Waals surface area contributed by atoms with Gasteiger partial charge in [-0.2, -0.15) is 0 Å². The van der Waals surface area contributed by atoms with Crippen LogP contribution in [0.25, 0.3) is 0 Å². The van der Waals surface area contributed by atoms with E-state index < -0.39 is 0 Å². The molecule has 0 radical (unpaired) electrons. The van der Waals surface area contributed by atoms with Gasteiger partial charge in [0.05, 0.1) is 6.04 Å². The van der Waals surface area contributed by atoms with Crippen molar-refractivity contribution in [3.05, 3.63) is 0 Å². The van der Waals surface area contributed by atoms with Gasteiger partial charge in [0, 0.05) is 5.92 Å². The summed E-state index contributed by atoms with van der Waals surface area (Å²) in [5, 5.41) is 3.38. The van der Waals surface area contributed by atoms with Gasteiger partial charge in [-0.15, -0.1) is 0 Å². The van der Waals surface area contributed by atoms with Gasteiger partial charge in [-0.3, -0.25) is 0 Å². The summed E-state index contributed by atoms with van der Waals surface area (Å²) < 4.78 is 5.78. The lowest BCUT2D eigenvalue weighted by Crippen LogP contribution is -2.31. The summed E-state index contributed by atoms with van der Waals surface area (Å²) in [6.45, 7) is 3.12. The third kappa shape index (κ3) is 1.89. The average Bonchev–Trinajstić information content (AvgIpc) is 2.66. The number of nitrogens with one attached hydrogen (secondary N) is 1. The van der Waals surface area contributed by atoms with Crippen molar-refractivity contribution in [1.29, 1.82) is 0 Å². The first-order chi connectivity index (χ1) is 7.43. The molecule has 15 heavy (non-hydrogen) atoms. The Hall–Kier alpha value is -0.570. The predicted octanol–water partition coefficient (Wildman–Crippen LogP) is 1.58. The normalized spacial score (nSPS) is 33.3. The first kappa shape index (κ1) is 9.64. The van der Waals surface area contributed by atoms with Crippen molar-refractivity contribution >= 4 is 5.90 Å². The molecular formula is C12H20N2O. The Kier molecular flexibility index (Phi) is 2.65. The molecule has 1 aliphatic carbocycles. The number of nitrogens with zero attached hydrogens (tertiary/aromatic N) is 1. The molecule has 1 saturated heterocycles. The molecule has 2 aliphatic heterocycles. The fraction of sp³-hybridized carbons (Fsp3) is 0.917. The predicted molar refractivity (Wildman–Crippen MR) is 60.1 cm³/mol. The molecule has 1 atom stereocenters. The second kappa shape index (κ2) is 4.12. The highest BCUT2D eigenvalue weighted by atomic mass is 16.5. The van der Waals surface area contributed by atoms with Crippen molar-refractivity contribution in [3.8, 4) is 0 Å². The van der Waals surface area contributed by atoms with Crippen molar-refractivity contribution in [2.45, 2.75) is 38.1 Å². The quantitative estimate of drug-likeness (QED) is 0.747. The molecule has 0 aromatic carbocycles. The molecule has 84 valence electrons. The summed E-state index contributed by atoms with van der Waals surface area (Å²) in [6.07, 6.45) is 6.56. The molecular weight excluding hydrogens is 188 g/mol. The third-order valence-electron chi connectivity index (χ3n) is 4.08. The summed E-state index contributed by atoms with van der Waals surface area (Å²) in [7, 11) is 0. The van der Waals surface area contributed by atoms with E-state index in [4.69, 9.17) is 9.73 Å². The number of piperidine rings is 1. The van der Waals surface area contributed by atoms with Crippen LogP contribution in [-0.4, -0.2) is 31.6 Å². The monoisotopic (exact) mass is 208 g/mol. The fourth-order valence-electron chi connectivity index (χ4n) is 2.77. The largest absolute Gasteiger partial charge is 0.478 e. The minimum Gasteiger partial charge on any atom is -0.478 e. The van der Waals surface area contributed by atoms with Gasteiger partial charge in [-0.1, -0.05) is 6.42 Å². The van der Waals surface area contributed by atoms with Gasteiger partial charge in [0.1, 0.15) is 6.61 Å². The SMILES string of the molecule is C1CC(C2COC(C3CCNCC3)=N2)C1. The van der Waals surface area contributed by atoms with Gasteiger partial charge in [-0.05, 0) is 44.7 Å². The molecule has 2 heterocycles. The average molecular weight is 208 g/mol. The summed E-state index contributed by atoms with van der Waals surface area (Å²) in [6, 6.07) is 0.503. The Morgan fingerprint density at radius 3 is 2.60 bits per heavy atom. The van der Waals surface area contributed by atoms with Crippen LogP contribution in [0.3, 0.4) is 0 Å². The highest BCUT2D eigenvalue weighted by Gasteiger charge is 2.34. The van der Waals surface area contributed by atoms with Crippen LogP contribution in [0.15, 0.2) is 4.99 Å². The van der Waals surface area contributed by atoms with Crippen LogP contribution in [0.5, 0.6) is 0 Å². The number of ether oxygens (including phenoxy) is 1. The molecule has 0 spiro atoms. The standard InChI is InChI=1S/C12H20N2O/c1-2-9(3-1)11-8-15-12(14-11)10-4-6-13-7-5-10/h9-11,13H,1-8H2. The molecule has 0 aromatic heterocycles. The van der Waals surface area contributed by atoms with Crippen molar-refractivity contribution in [2.24, 2.45) is 16.8 Å². The zero-order valence-corrected chi connectivity index (χ0v) is 9.24. The van der Waals surface area contributed by atoms with Crippen LogP contribution in [-0.2, 0) is 4.74 Å². The molecule has 0 bridgehead atoms. The Morgan fingerprint density at radius 1 is 1.13 bits per heavy atom. The van der Waals surface area contributed by atoms with E-state index in [-0.39, 0.29) is 0 Å². The first-order valence-corrected chi connectivity index (χ1v) is 6.34. The maximum atomic E-state index is 5.78. The Labute approximate surface area is 91.3 Å². The van der Waals surface area contributed by atoms with E-state index in [0.717, 1.165) is 31.5 Å². The maximum absolute atomic E-state index is 5.78. The smallest absolute Gasteiger partial charge is 0.186 e. The van der Waals surface area contributed by atoms with Crippen molar-refractivity contribution in [1.82, 2.24) is 5.32 Å². The minimum atomic E-state index is 0.503. The van der Waals surface area contributed by atoms with Gasteiger partial charge in [0.15, 0.2) is 5.90 Å². The van der Waals surface area contributed by atoms with E-state index in [1.54, 1.807) is 0 Å². The van der Waals surface area contributed by atoms with E-state index in [0.29, 0.717) is 12.0 Å². The Bertz CT molecular complexity index is 254. The molecule has 1 saturated carbocycles. The lowest BCUT2D eigenvalue weighted by molar-refractivity contribution is 0.207. The van der Waals surface area contributed by atoms with Crippen LogP contribution < -0.4 is 5.32 Å². The minimum absolute atomic E-state index is 0.503. The Morgan fingerprint density at radius 2 is 1.93 bits per heavy atom. The summed E-state index contributed by atoms with van der Waals surface area (Å²) in [4.78, 5) is 4.80. The van der Waals surface area contributed by atoms with Crippen LogP contribution in [0.2, 0.25) is 0 Å². The van der Waals surface area contributed by atoms with Crippen molar-refractivity contribution < 1.29 is 4.74 Å². The topological polar surface area (TPSA) is 33.6 Å². The summed E-state index contributed by atoms with van der Waals surface area (Å²) >= 11 is 0. The molecule has 0 aromatic rings. The van der Waals surface area contributed by atoms with Gasteiger partial charge in [0.25, 0.3) is 0 Å². The van der Waals surface area contributed by atoms with Crippen molar-refractivity contribution in [2.75, 3.05) is 19.7 Å². The van der Waals surface area contributed by atoms with E-state index in [1.807, 2.05) is 0 Å². The number of hydrogen-bond acceptors (Lipinski definition) is 3. The second-order valence-corrected chi connectivity index (χ2v) is 5.06. The summed E-state index contributed by atoms with van der Waals surface area (Å²) in [5.74, 6) is 2.52. The molecule has 3 nitrogen and oxygen atoms in total. The third-order valence-corrected chi connectivity index (χ3v) is 4.08. The lowest BCUT2D eigenvalue weighted by atomic mass is 9.80. The fourth-order valence-corrected chi connectivity index (χ4v) is 2.77. The second-order valence-electron chi connectivity index (χ2n) is 5.06. The zero-order chi connectivity index (χ0) is 10.1. The molecule has 0 amide bonds. The highest BCUT2D eigenvalue weighted by molar-refractivity contribution is 5.80. The molecule has 3 aliphatic rings. The van der Waals surface area contributed by atoms with E-state index >= 15 is 0 Å². The summed E-state index contributed by atoms with van der Waals surface area (Å²) in [5.41, 5.74) is 0. The van der Waals surface area contributed by atoms with E-state index in [1.165, 1.54) is 32.1 Å². The molecule has 3 heteroatoms. The van der Waals surface area contributed by atoms with Crippen LogP contribution in [0.4, 0.5) is 0 Å². The molecule has 3 rings (SSSR count). The molecule has 2 fully saturated rings. The number of hydrogen-bond donors (Lipinski definition) is 1. The van der Waals surface area contributed by atoms with Gasteiger partial charge < -0.3 is 10.1 Å². The lowest BCUT2D eigenvalue weighted by Gasteiger charge is -2.28. The van der Waals surface area contributed by atoms with Gasteiger partial charge in [-0.25, -0.2) is 4.99 Å². The maximum Gasteiger partial charge on any atom is 0.186 e.